The van der Waals surface area contributed by atoms with Crippen LogP contribution in [0.3, 0.4) is 0 Å². The summed E-state index contributed by atoms with van der Waals surface area (Å²) < 4.78 is 6.08. The molecule has 1 atom stereocenters. The van der Waals surface area contributed by atoms with E-state index in [1.807, 2.05) is 6.07 Å². The van der Waals surface area contributed by atoms with Crippen LogP contribution >= 0.6 is 11.6 Å². The van der Waals surface area contributed by atoms with E-state index in [0.717, 1.165) is 25.0 Å². The number of hydrogen-bond acceptors (Lipinski definition) is 2. The molecule has 0 radical (unpaired) electrons. The number of rotatable bonds is 2. The number of anilines is 1. The molecule has 2 nitrogen and oxygen atoms in total. The lowest BCUT2D eigenvalue weighted by molar-refractivity contribution is 0.183. The summed E-state index contributed by atoms with van der Waals surface area (Å²) in [6.07, 6.45) is 3.45. The summed E-state index contributed by atoms with van der Waals surface area (Å²) in [6, 6.07) is 13.9. The van der Waals surface area contributed by atoms with Gasteiger partial charge in [0.05, 0.1) is 10.7 Å². The molecule has 1 unspecified atom stereocenters. The van der Waals surface area contributed by atoms with Crippen molar-refractivity contribution in [2.45, 2.75) is 25.4 Å². The van der Waals surface area contributed by atoms with Gasteiger partial charge >= 0.3 is 0 Å². The zero-order chi connectivity index (χ0) is 13.2. The third-order valence-electron chi connectivity index (χ3n) is 3.56. The van der Waals surface area contributed by atoms with E-state index >= 15 is 0 Å². The molecule has 0 heterocycles. The maximum atomic E-state index is 6.08. The van der Waals surface area contributed by atoms with Crippen molar-refractivity contribution in [3.63, 3.8) is 0 Å². The van der Waals surface area contributed by atoms with Gasteiger partial charge in [-0.1, -0.05) is 35.9 Å². The van der Waals surface area contributed by atoms with Crippen molar-refractivity contribution in [1.82, 2.24) is 0 Å². The standard InChI is InChI=1S/C16H16ClNO/c17-14-9-8-12(10-15(14)18)19-16-7-3-5-11-4-1-2-6-13(11)16/h1-2,4,6,8-10,16H,3,5,7,18H2. The zero-order valence-electron chi connectivity index (χ0n) is 10.6. The van der Waals surface area contributed by atoms with E-state index in [9.17, 15) is 0 Å². The Bertz CT molecular complexity index is 597. The third kappa shape index (κ3) is 2.54. The van der Waals surface area contributed by atoms with Crippen LogP contribution in [0.5, 0.6) is 5.75 Å². The van der Waals surface area contributed by atoms with E-state index < -0.39 is 0 Å². The highest BCUT2D eigenvalue weighted by molar-refractivity contribution is 6.33. The highest BCUT2D eigenvalue weighted by Gasteiger charge is 2.21. The van der Waals surface area contributed by atoms with Crippen LogP contribution in [0.25, 0.3) is 0 Å². The van der Waals surface area contributed by atoms with Crippen LogP contribution in [0.1, 0.15) is 30.1 Å². The Morgan fingerprint density at radius 2 is 2.00 bits per heavy atom. The predicted molar refractivity (Wildman–Crippen MR) is 78.6 cm³/mol. The molecule has 0 aliphatic heterocycles. The molecule has 0 aromatic heterocycles. The van der Waals surface area contributed by atoms with Crippen molar-refractivity contribution >= 4 is 17.3 Å². The molecular formula is C16H16ClNO. The van der Waals surface area contributed by atoms with Gasteiger partial charge in [-0.3, -0.25) is 0 Å². The second-order valence-corrected chi connectivity index (χ2v) is 5.29. The number of nitrogens with two attached hydrogens (primary N) is 1. The Hall–Kier alpha value is -1.67. The van der Waals surface area contributed by atoms with Crippen LogP contribution in [0.15, 0.2) is 42.5 Å². The van der Waals surface area contributed by atoms with Gasteiger partial charge in [-0.2, -0.15) is 0 Å². The number of halogens is 1. The summed E-state index contributed by atoms with van der Waals surface area (Å²) in [6.45, 7) is 0. The molecule has 98 valence electrons. The maximum absolute atomic E-state index is 6.08. The Morgan fingerprint density at radius 1 is 1.16 bits per heavy atom. The molecule has 0 saturated carbocycles. The van der Waals surface area contributed by atoms with Crippen molar-refractivity contribution in [3.05, 3.63) is 58.6 Å². The van der Waals surface area contributed by atoms with Crippen LogP contribution in [0.4, 0.5) is 5.69 Å². The highest BCUT2D eigenvalue weighted by Crippen LogP contribution is 2.34. The lowest BCUT2D eigenvalue weighted by atomic mass is 9.89. The first kappa shape index (κ1) is 12.4. The molecule has 19 heavy (non-hydrogen) atoms. The van der Waals surface area contributed by atoms with Crippen molar-refractivity contribution in [2.24, 2.45) is 0 Å². The van der Waals surface area contributed by atoms with Gasteiger partial charge in [0.1, 0.15) is 11.9 Å². The van der Waals surface area contributed by atoms with E-state index in [4.69, 9.17) is 22.1 Å². The average Bonchev–Trinajstić information content (AvgIpc) is 2.43. The highest BCUT2D eigenvalue weighted by atomic mass is 35.5. The lowest BCUT2D eigenvalue weighted by Gasteiger charge is -2.26. The number of benzene rings is 2. The number of fused-ring (bicyclic) bond motifs is 1. The van der Waals surface area contributed by atoms with Gasteiger partial charge in [0.2, 0.25) is 0 Å². The van der Waals surface area contributed by atoms with Crippen molar-refractivity contribution in [1.29, 1.82) is 0 Å². The molecule has 0 amide bonds. The van der Waals surface area contributed by atoms with E-state index in [0.29, 0.717) is 10.7 Å². The molecule has 2 aromatic rings. The van der Waals surface area contributed by atoms with E-state index in [1.165, 1.54) is 11.1 Å². The molecule has 2 aromatic carbocycles. The van der Waals surface area contributed by atoms with Crippen molar-refractivity contribution in [3.8, 4) is 5.75 Å². The lowest BCUT2D eigenvalue weighted by Crippen LogP contribution is -2.15. The largest absolute Gasteiger partial charge is 0.486 e. The van der Waals surface area contributed by atoms with Gasteiger partial charge in [-0.15, -0.1) is 0 Å². The summed E-state index contributed by atoms with van der Waals surface area (Å²) in [5, 5.41) is 0.566. The second-order valence-electron chi connectivity index (χ2n) is 4.88. The van der Waals surface area contributed by atoms with Gasteiger partial charge < -0.3 is 10.5 Å². The fraction of sp³-hybridized carbons (Fsp3) is 0.250. The molecule has 1 aliphatic rings. The van der Waals surface area contributed by atoms with Gasteiger partial charge in [-0.25, -0.2) is 0 Å². The SMILES string of the molecule is Nc1cc(OC2CCCc3ccccc32)ccc1Cl. The Labute approximate surface area is 118 Å². The molecule has 3 rings (SSSR count). The maximum Gasteiger partial charge on any atom is 0.124 e. The van der Waals surface area contributed by atoms with Crippen LogP contribution in [-0.4, -0.2) is 0 Å². The number of aryl methyl sites for hydroxylation is 1. The number of nitrogen functional groups attached to an aromatic ring is 1. The van der Waals surface area contributed by atoms with Gasteiger partial charge in [0.15, 0.2) is 0 Å². The van der Waals surface area contributed by atoms with Crippen LogP contribution in [-0.2, 0) is 6.42 Å². The zero-order valence-corrected chi connectivity index (χ0v) is 11.4. The number of ether oxygens (including phenoxy) is 1. The molecule has 0 bridgehead atoms. The predicted octanol–water partition coefficient (Wildman–Crippen LogP) is 4.38. The molecular weight excluding hydrogens is 258 g/mol. The van der Waals surface area contributed by atoms with Crippen molar-refractivity contribution in [2.75, 3.05) is 5.73 Å². The van der Waals surface area contributed by atoms with E-state index in [1.54, 1.807) is 12.1 Å². The fourth-order valence-corrected chi connectivity index (χ4v) is 2.71. The smallest absolute Gasteiger partial charge is 0.124 e. The summed E-state index contributed by atoms with van der Waals surface area (Å²) in [5.41, 5.74) is 9.05. The topological polar surface area (TPSA) is 35.2 Å². The van der Waals surface area contributed by atoms with E-state index in [2.05, 4.69) is 24.3 Å². The molecule has 0 fully saturated rings. The average molecular weight is 274 g/mol. The first-order valence-electron chi connectivity index (χ1n) is 6.53. The summed E-state index contributed by atoms with van der Waals surface area (Å²) in [5.74, 6) is 0.781. The molecule has 1 aliphatic carbocycles. The fourth-order valence-electron chi connectivity index (χ4n) is 2.59. The number of hydrogen-bond donors (Lipinski definition) is 1. The third-order valence-corrected chi connectivity index (χ3v) is 3.90. The Kier molecular flexibility index (Phi) is 3.34. The quantitative estimate of drug-likeness (QED) is 0.824. The Balaban J connectivity index is 1.86. The van der Waals surface area contributed by atoms with Gasteiger partial charge in [0.25, 0.3) is 0 Å². The Morgan fingerprint density at radius 3 is 2.84 bits per heavy atom. The van der Waals surface area contributed by atoms with Crippen LogP contribution in [0, 0.1) is 0 Å². The van der Waals surface area contributed by atoms with E-state index in [-0.39, 0.29) is 6.10 Å². The minimum Gasteiger partial charge on any atom is -0.486 e. The van der Waals surface area contributed by atoms with Gasteiger partial charge in [-0.05, 0) is 42.5 Å². The monoisotopic (exact) mass is 273 g/mol. The molecule has 0 spiro atoms. The minimum atomic E-state index is 0.116. The normalized spacial score (nSPS) is 17.8. The van der Waals surface area contributed by atoms with Gasteiger partial charge in [0, 0.05) is 6.07 Å². The minimum absolute atomic E-state index is 0.116. The van der Waals surface area contributed by atoms with Crippen molar-refractivity contribution < 1.29 is 4.74 Å². The molecule has 0 saturated heterocycles. The second kappa shape index (κ2) is 5.14. The first-order chi connectivity index (χ1) is 9.24. The summed E-state index contributed by atoms with van der Waals surface area (Å²) in [7, 11) is 0. The van der Waals surface area contributed by atoms with Crippen LogP contribution < -0.4 is 10.5 Å². The molecule has 3 heteroatoms. The summed E-state index contributed by atoms with van der Waals surface area (Å²) in [4.78, 5) is 0. The summed E-state index contributed by atoms with van der Waals surface area (Å²) >= 11 is 5.92. The first-order valence-corrected chi connectivity index (χ1v) is 6.91. The molecule has 2 N–H and O–H groups in total. The van der Waals surface area contributed by atoms with Crippen LogP contribution in [0.2, 0.25) is 5.02 Å².